The van der Waals surface area contributed by atoms with E-state index in [1.807, 2.05) is 36.4 Å². The first-order valence-corrected chi connectivity index (χ1v) is 8.38. The minimum Gasteiger partial charge on any atom is -0.348 e. The van der Waals surface area contributed by atoms with Crippen molar-refractivity contribution in [3.8, 4) is 0 Å². The van der Waals surface area contributed by atoms with Gasteiger partial charge < -0.3 is 10.2 Å². The van der Waals surface area contributed by atoms with Gasteiger partial charge in [0.1, 0.15) is 0 Å². The average Bonchev–Trinajstić information content (AvgIpc) is 2.58. The van der Waals surface area contributed by atoms with E-state index < -0.39 is 0 Å². The molecule has 0 saturated carbocycles. The van der Waals surface area contributed by atoms with Crippen molar-refractivity contribution in [3.05, 3.63) is 70.8 Å². The van der Waals surface area contributed by atoms with E-state index in [0.29, 0.717) is 17.7 Å². The van der Waals surface area contributed by atoms with Crippen LogP contribution in [0.25, 0.3) is 0 Å². The molecular formula is C21H26N2O2. The molecule has 4 nitrogen and oxygen atoms in total. The van der Waals surface area contributed by atoms with Crippen molar-refractivity contribution in [1.29, 1.82) is 0 Å². The Hall–Kier alpha value is -2.62. The molecule has 0 aliphatic heterocycles. The highest BCUT2D eigenvalue weighted by molar-refractivity contribution is 5.94. The van der Waals surface area contributed by atoms with Crippen LogP contribution in [0.3, 0.4) is 0 Å². The lowest BCUT2D eigenvalue weighted by atomic mass is 9.87. The highest BCUT2D eigenvalue weighted by Gasteiger charge is 2.14. The van der Waals surface area contributed by atoms with Crippen LogP contribution in [0.4, 0.5) is 0 Å². The zero-order chi connectivity index (χ0) is 18.6. The number of carbonyl (C=O) groups excluding carboxylic acids is 2. The number of hydrogen-bond acceptors (Lipinski definition) is 2. The first-order valence-electron chi connectivity index (χ1n) is 8.38. The maximum atomic E-state index is 12.3. The molecule has 0 aromatic heterocycles. The van der Waals surface area contributed by atoms with E-state index in [-0.39, 0.29) is 17.2 Å². The molecule has 2 aromatic rings. The molecular weight excluding hydrogens is 312 g/mol. The van der Waals surface area contributed by atoms with Crippen LogP contribution in [-0.4, -0.2) is 30.8 Å². The number of benzene rings is 2. The molecule has 0 aliphatic carbocycles. The summed E-state index contributed by atoms with van der Waals surface area (Å²) in [4.78, 5) is 25.7. The van der Waals surface area contributed by atoms with Gasteiger partial charge in [-0.05, 0) is 40.8 Å². The van der Waals surface area contributed by atoms with Crippen LogP contribution in [-0.2, 0) is 12.0 Å². The normalized spacial score (nSPS) is 11.1. The average molecular weight is 338 g/mol. The largest absolute Gasteiger partial charge is 0.348 e. The van der Waals surface area contributed by atoms with Crippen LogP contribution in [0.5, 0.6) is 0 Å². The Morgan fingerprint density at radius 3 is 1.88 bits per heavy atom. The first kappa shape index (κ1) is 18.7. The van der Waals surface area contributed by atoms with E-state index in [0.717, 1.165) is 5.56 Å². The van der Waals surface area contributed by atoms with Gasteiger partial charge in [-0.15, -0.1) is 0 Å². The summed E-state index contributed by atoms with van der Waals surface area (Å²) in [5, 5.41) is 2.91. The van der Waals surface area contributed by atoms with Crippen molar-refractivity contribution in [2.24, 2.45) is 0 Å². The molecule has 0 unspecified atom stereocenters. The summed E-state index contributed by atoms with van der Waals surface area (Å²) < 4.78 is 0. The van der Waals surface area contributed by atoms with Crippen molar-refractivity contribution < 1.29 is 9.59 Å². The predicted molar refractivity (Wildman–Crippen MR) is 101 cm³/mol. The Balaban J connectivity index is 1.97. The fraction of sp³-hybridized carbons (Fsp3) is 0.333. The predicted octanol–water partition coefficient (Wildman–Crippen LogP) is 3.62. The van der Waals surface area contributed by atoms with Crippen LogP contribution >= 0.6 is 0 Å². The van der Waals surface area contributed by atoms with Crippen molar-refractivity contribution in [2.75, 3.05) is 14.1 Å². The van der Waals surface area contributed by atoms with E-state index in [4.69, 9.17) is 0 Å². The number of amides is 2. The Bertz CT molecular complexity index is 739. The van der Waals surface area contributed by atoms with Crippen LogP contribution in [0, 0.1) is 0 Å². The van der Waals surface area contributed by atoms with Crippen LogP contribution in [0.15, 0.2) is 48.5 Å². The van der Waals surface area contributed by atoms with E-state index in [9.17, 15) is 9.59 Å². The second-order valence-electron chi connectivity index (χ2n) is 7.41. The molecule has 0 saturated heterocycles. The van der Waals surface area contributed by atoms with Gasteiger partial charge >= 0.3 is 0 Å². The minimum atomic E-state index is -0.103. The topological polar surface area (TPSA) is 49.4 Å². The number of nitrogens with one attached hydrogen (secondary N) is 1. The third-order valence-corrected chi connectivity index (χ3v) is 4.07. The van der Waals surface area contributed by atoms with Crippen LogP contribution < -0.4 is 5.32 Å². The van der Waals surface area contributed by atoms with Gasteiger partial charge in [-0.1, -0.05) is 45.0 Å². The molecule has 1 N–H and O–H groups in total. The Morgan fingerprint density at radius 1 is 0.880 bits per heavy atom. The molecule has 132 valence electrons. The molecule has 2 rings (SSSR count). The lowest BCUT2D eigenvalue weighted by molar-refractivity contribution is 0.0827. The third kappa shape index (κ3) is 4.92. The van der Waals surface area contributed by atoms with Crippen LogP contribution in [0.2, 0.25) is 0 Å². The van der Waals surface area contributed by atoms with Gasteiger partial charge in [0.05, 0.1) is 0 Å². The zero-order valence-corrected chi connectivity index (χ0v) is 15.6. The molecule has 2 amide bonds. The van der Waals surface area contributed by atoms with Gasteiger partial charge in [-0.2, -0.15) is 0 Å². The van der Waals surface area contributed by atoms with Gasteiger partial charge in [0.25, 0.3) is 11.8 Å². The fourth-order valence-corrected chi connectivity index (χ4v) is 2.43. The summed E-state index contributed by atoms with van der Waals surface area (Å²) in [5.74, 6) is -0.136. The Labute approximate surface area is 149 Å². The molecule has 0 heterocycles. The maximum Gasteiger partial charge on any atom is 0.253 e. The second kappa shape index (κ2) is 7.51. The lowest BCUT2D eigenvalue weighted by Crippen LogP contribution is -2.23. The Kier molecular flexibility index (Phi) is 5.62. The minimum absolute atomic E-state index is 0.0328. The molecule has 0 fully saturated rings. The number of carbonyl (C=O) groups is 2. The second-order valence-corrected chi connectivity index (χ2v) is 7.41. The number of hydrogen-bond donors (Lipinski definition) is 1. The molecule has 0 bridgehead atoms. The maximum absolute atomic E-state index is 12.3. The summed E-state index contributed by atoms with van der Waals surface area (Å²) in [6.07, 6.45) is 0. The summed E-state index contributed by atoms with van der Waals surface area (Å²) in [6.45, 7) is 6.86. The van der Waals surface area contributed by atoms with E-state index in [1.54, 1.807) is 26.2 Å². The van der Waals surface area contributed by atoms with E-state index >= 15 is 0 Å². The molecule has 0 aliphatic rings. The van der Waals surface area contributed by atoms with E-state index in [1.165, 1.54) is 10.5 Å². The standard InChI is InChI=1S/C21H26N2O2/c1-21(2,3)18-12-10-16(11-13-18)19(24)22-14-15-6-8-17(9-7-15)20(25)23(4)5/h6-13H,14H2,1-5H3,(H,22,24). The molecule has 4 heteroatoms. The van der Waals surface area contributed by atoms with Gasteiger partial charge in [0, 0.05) is 31.8 Å². The molecule has 0 atom stereocenters. The van der Waals surface area contributed by atoms with Gasteiger partial charge in [-0.25, -0.2) is 0 Å². The number of nitrogens with zero attached hydrogens (tertiary/aromatic N) is 1. The van der Waals surface area contributed by atoms with Gasteiger partial charge in [0.2, 0.25) is 0 Å². The summed E-state index contributed by atoms with van der Waals surface area (Å²) in [7, 11) is 3.45. The fourth-order valence-electron chi connectivity index (χ4n) is 2.43. The highest BCUT2D eigenvalue weighted by atomic mass is 16.2. The highest BCUT2D eigenvalue weighted by Crippen LogP contribution is 2.22. The first-order chi connectivity index (χ1) is 11.7. The molecule has 2 aromatic carbocycles. The Morgan fingerprint density at radius 2 is 1.40 bits per heavy atom. The zero-order valence-electron chi connectivity index (χ0n) is 15.6. The third-order valence-electron chi connectivity index (χ3n) is 4.07. The SMILES string of the molecule is CN(C)C(=O)c1ccc(CNC(=O)c2ccc(C(C)(C)C)cc2)cc1. The summed E-state index contributed by atoms with van der Waals surface area (Å²) >= 11 is 0. The van der Waals surface area contributed by atoms with Crippen LogP contribution in [0.1, 0.15) is 52.6 Å². The van der Waals surface area contributed by atoms with Crippen molar-refractivity contribution in [2.45, 2.75) is 32.7 Å². The van der Waals surface area contributed by atoms with Gasteiger partial charge in [-0.3, -0.25) is 9.59 Å². The lowest BCUT2D eigenvalue weighted by Gasteiger charge is -2.19. The van der Waals surface area contributed by atoms with Crippen molar-refractivity contribution in [3.63, 3.8) is 0 Å². The number of rotatable bonds is 4. The monoisotopic (exact) mass is 338 g/mol. The summed E-state index contributed by atoms with van der Waals surface area (Å²) in [5.41, 5.74) is 3.51. The van der Waals surface area contributed by atoms with Crippen molar-refractivity contribution in [1.82, 2.24) is 10.2 Å². The molecule has 0 spiro atoms. The quantitative estimate of drug-likeness (QED) is 0.926. The molecule has 0 radical (unpaired) electrons. The van der Waals surface area contributed by atoms with E-state index in [2.05, 4.69) is 26.1 Å². The van der Waals surface area contributed by atoms with Gasteiger partial charge in [0.15, 0.2) is 0 Å². The van der Waals surface area contributed by atoms with Crippen molar-refractivity contribution >= 4 is 11.8 Å². The smallest absolute Gasteiger partial charge is 0.253 e. The summed E-state index contributed by atoms with van der Waals surface area (Å²) in [6, 6.07) is 15.0. The molecule has 25 heavy (non-hydrogen) atoms.